The van der Waals surface area contributed by atoms with Gasteiger partial charge in [-0.15, -0.1) is 0 Å². The smallest absolute Gasteiger partial charge is 0.272 e. The molecule has 232 valence electrons. The van der Waals surface area contributed by atoms with Crippen LogP contribution in [0.4, 0.5) is 4.39 Å². The molecule has 1 aromatic heterocycles. The number of nitrogens with zero attached hydrogens (tertiary/aromatic N) is 2. The number of hydrogen-bond donors (Lipinski definition) is 1. The van der Waals surface area contributed by atoms with Crippen LogP contribution in [-0.4, -0.2) is 15.7 Å². The Morgan fingerprint density at radius 1 is 0.717 bits per heavy atom. The highest BCUT2D eigenvalue weighted by molar-refractivity contribution is 7.95. The van der Waals surface area contributed by atoms with Crippen LogP contribution in [0.25, 0.3) is 5.69 Å². The summed E-state index contributed by atoms with van der Waals surface area (Å²) in [6.45, 7) is 4.61. The van der Waals surface area contributed by atoms with Crippen LogP contribution in [0, 0.1) is 5.82 Å². The first-order chi connectivity index (χ1) is 22.0. The summed E-state index contributed by atoms with van der Waals surface area (Å²) < 4.78 is 16.0. The van der Waals surface area contributed by atoms with Gasteiger partial charge in [0.2, 0.25) is 0 Å². The molecule has 4 nitrogen and oxygen atoms in total. The van der Waals surface area contributed by atoms with Crippen molar-refractivity contribution in [3.05, 3.63) is 174 Å². The Labute approximate surface area is 281 Å². The number of carbonyl (C=O) groups is 1. The Kier molecular flexibility index (Phi) is 10.6. The lowest BCUT2D eigenvalue weighted by molar-refractivity contribution is -0.0000178. The van der Waals surface area contributed by atoms with E-state index in [9.17, 15) is 9.18 Å². The average Bonchev–Trinajstić information content (AvgIpc) is 3.47. The van der Waals surface area contributed by atoms with Crippen molar-refractivity contribution in [2.75, 3.05) is 0 Å². The number of hydrogen-bond acceptors (Lipinski definition) is 2. The van der Waals surface area contributed by atoms with E-state index in [0.29, 0.717) is 24.1 Å². The second-order valence-electron chi connectivity index (χ2n) is 11.4. The van der Waals surface area contributed by atoms with Crippen molar-refractivity contribution < 1.29 is 26.2 Å². The van der Waals surface area contributed by atoms with E-state index in [2.05, 4.69) is 92.0 Å². The summed E-state index contributed by atoms with van der Waals surface area (Å²) in [4.78, 5) is 13.9. The molecule has 0 unspecified atom stereocenters. The van der Waals surface area contributed by atoms with Crippen LogP contribution in [0.2, 0.25) is 0 Å². The van der Waals surface area contributed by atoms with Gasteiger partial charge in [0.25, 0.3) is 5.91 Å². The Morgan fingerprint density at radius 2 is 1.17 bits per heavy atom. The molecule has 5 aromatic carbocycles. The van der Waals surface area contributed by atoms with E-state index in [-0.39, 0.29) is 34.6 Å². The fourth-order valence-electron chi connectivity index (χ4n) is 6.04. The van der Waals surface area contributed by atoms with E-state index in [1.54, 1.807) is 12.1 Å². The lowest BCUT2D eigenvalue weighted by atomic mass is 10.00. The minimum absolute atomic E-state index is 0. The molecule has 1 N–H and O–H groups in total. The monoisotopic (exact) mass is 691 g/mol. The predicted octanol–water partition coefficient (Wildman–Crippen LogP) is 4.56. The largest absolute Gasteiger partial charge is 1.00 e. The molecule has 0 saturated carbocycles. The first kappa shape index (κ1) is 33.0. The maximum atomic E-state index is 14.2. The minimum Gasteiger partial charge on any atom is -1.00 e. The number of carbonyl (C=O) groups excluding carboxylic acids is 1. The van der Waals surface area contributed by atoms with Crippen molar-refractivity contribution >= 4 is 29.1 Å². The normalized spacial score (nSPS) is 11.2. The third-order valence-electron chi connectivity index (χ3n) is 8.16. The predicted molar refractivity (Wildman–Crippen MR) is 184 cm³/mol. The van der Waals surface area contributed by atoms with Gasteiger partial charge >= 0.3 is 0 Å². The molecule has 46 heavy (non-hydrogen) atoms. The number of nitrogens with one attached hydrogen (secondary N) is 1. The van der Waals surface area contributed by atoms with Crippen LogP contribution < -0.4 is 38.2 Å². The Balaban J connectivity index is 0.00000417. The molecule has 0 radical (unpaired) electrons. The van der Waals surface area contributed by atoms with Gasteiger partial charge in [-0.05, 0) is 72.1 Å². The zero-order valence-corrected chi connectivity index (χ0v) is 28.3. The van der Waals surface area contributed by atoms with Gasteiger partial charge in [-0.1, -0.05) is 98.8 Å². The molecule has 0 saturated heterocycles. The fraction of sp³-hybridized carbons (Fsp3) is 0.128. The van der Waals surface area contributed by atoms with Crippen molar-refractivity contribution in [3.63, 3.8) is 0 Å². The fourth-order valence-corrected chi connectivity index (χ4v) is 10.3. The van der Waals surface area contributed by atoms with Crippen molar-refractivity contribution in [3.8, 4) is 5.69 Å². The lowest BCUT2D eigenvalue weighted by Crippen LogP contribution is -3.00. The Hall–Kier alpha value is -4.38. The van der Waals surface area contributed by atoms with E-state index >= 15 is 0 Å². The van der Waals surface area contributed by atoms with E-state index in [4.69, 9.17) is 5.10 Å². The van der Waals surface area contributed by atoms with Gasteiger partial charge in [0.15, 0.2) is 5.69 Å². The molecule has 0 aliphatic carbocycles. The molecule has 0 fully saturated rings. The van der Waals surface area contributed by atoms with Gasteiger partial charge in [-0.25, -0.2) is 9.07 Å². The highest BCUT2D eigenvalue weighted by Crippen LogP contribution is 2.59. The summed E-state index contributed by atoms with van der Waals surface area (Å²) in [5.41, 5.74) is 3.97. The van der Waals surface area contributed by atoms with Gasteiger partial charge in [-0.2, -0.15) is 5.10 Å². The zero-order valence-electron chi connectivity index (χ0n) is 25.9. The Bertz CT molecular complexity index is 1770. The number of benzene rings is 5. The molecule has 1 heterocycles. The summed E-state index contributed by atoms with van der Waals surface area (Å²) in [7, 11) is -2.35. The third-order valence-corrected chi connectivity index (χ3v) is 12.5. The van der Waals surface area contributed by atoms with Crippen molar-refractivity contribution in [1.29, 1.82) is 0 Å². The number of halogens is 2. The standard InChI is InChI=1S/C39H35FN3OP.BrH/c1-29(2)37-36(28-45(33-17-9-4-10-18-33,34-19-11-5-12-20-34)35-21-13-6-14-22-35)43(32-25-23-31(40)24-26-32)42-38(37)39(44)41-27-30-15-7-3-8-16-30;/h3-26,29H,27-28H2,1-2H3;1H. The molecule has 0 bridgehead atoms. The third kappa shape index (κ3) is 6.74. The van der Waals surface area contributed by atoms with Gasteiger partial charge in [-0.3, -0.25) is 4.79 Å². The molecule has 7 heteroatoms. The summed E-state index contributed by atoms with van der Waals surface area (Å²) in [5.74, 6) is -0.555. The van der Waals surface area contributed by atoms with Gasteiger partial charge in [0.05, 0.1) is 11.4 Å². The van der Waals surface area contributed by atoms with E-state index in [0.717, 1.165) is 16.8 Å². The molecule has 0 aliphatic heterocycles. The van der Waals surface area contributed by atoms with Crippen molar-refractivity contribution in [1.82, 2.24) is 15.1 Å². The minimum atomic E-state index is -2.35. The van der Waals surface area contributed by atoms with Crippen LogP contribution >= 0.6 is 7.26 Å². The van der Waals surface area contributed by atoms with Crippen LogP contribution in [0.3, 0.4) is 0 Å². The SMILES string of the molecule is CC(C)c1c(C(=O)NCc2ccccc2)nn(-c2ccc(F)cc2)c1C[P+](c1ccccc1)(c1ccccc1)c1ccccc1.[Br-]. The molecule has 6 rings (SSSR count). The quantitative estimate of drug-likeness (QED) is 0.214. The molecule has 0 atom stereocenters. The number of rotatable bonds is 10. The molecule has 0 spiro atoms. The van der Waals surface area contributed by atoms with Gasteiger partial charge < -0.3 is 22.3 Å². The maximum absolute atomic E-state index is 14.2. The molecule has 6 aromatic rings. The molecular formula is C39H36BrFN3OP. The van der Waals surface area contributed by atoms with Crippen molar-refractivity contribution in [2.24, 2.45) is 0 Å². The van der Waals surface area contributed by atoms with Gasteiger partial charge in [0.1, 0.15) is 35.2 Å². The van der Waals surface area contributed by atoms with Crippen molar-refractivity contribution in [2.45, 2.75) is 32.5 Å². The highest BCUT2D eigenvalue weighted by Gasteiger charge is 2.47. The lowest BCUT2D eigenvalue weighted by Gasteiger charge is -2.28. The summed E-state index contributed by atoms with van der Waals surface area (Å²) in [6.07, 6.45) is 0.620. The van der Waals surface area contributed by atoms with Crippen LogP contribution in [0.5, 0.6) is 0 Å². The molecular weight excluding hydrogens is 656 g/mol. The average molecular weight is 693 g/mol. The zero-order chi connectivity index (χ0) is 31.2. The van der Waals surface area contributed by atoms with Crippen LogP contribution in [0.15, 0.2) is 146 Å². The first-order valence-corrected chi connectivity index (χ1v) is 17.2. The van der Waals surface area contributed by atoms with Crippen LogP contribution in [0.1, 0.15) is 47.1 Å². The van der Waals surface area contributed by atoms with E-state index in [1.807, 2.05) is 53.2 Å². The summed E-state index contributed by atoms with van der Waals surface area (Å²) >= 11 is 0. The number of aromatic nitrogens is 2. The van der Waals surface area contributed by atoms with Gasteiger partial charge in [0, 0.05) is 12.1 Å². The van der Waals surface area contributed by atoms with Crippen LogP contribution in [-0.2, 0) is 12.7 Å². The molecule has 1 amide bonds. The second-order valence-corrected chi connectivity index (χ2v) is 14.9. The summed E-state index contributed by atoms with van der Waals surface area (Å²) in [5, 5.41) is 11.8. The number of amides is 1. The maximum Gasteiger partial charge on any atom is 0.272 e. The highest BCUT2D eigenvalue weighted by atomic mass is 79.9. The second kappa shape index (κ2) is 14.8. The topological polar surface area (TPSA) is 46.9 Å². The van der Waals surface area contributed by atoms with E-state index in [1.165, 1.54) is 28.0 Å². The van der Waals surface area contributed by atoms with E-state index < -0.39 is 7.26 Å². The Morgan fingerprint density at radius 3 is 1.63 bits per heavy atom. The summed E-state index contributed by atoms with van der Waals surface area (Å²) in [6, 6.07) is 48.2. The first-order valence-electron chi connectivity index (χ1n) is 15.2. The molecule has 0 aliphatic rings.